The number of hydrogen-bond acceptors (Lipinski definition) is 1. The van der Waals surface area contributed by atoms with Crippen LogP contribution in [-0.4, -0.2) is 6.29 Å². The second-order valence-corrected chi connectivity index (χ2v) is 3.78. The Morgan fingerprint density at radius 2 is 2.21 bits per heavy atom. The smallest absolute Gasteiger partial charge is 0.144 e. The monoisotopic (exact) mass is 214 g/mol. The van der Waals surface area contributed by atoms with Crippen molar-refractivity contribution in [3.05, 3.63) is 34.1 Å². The lowest BCUT2D eigenvalue weighted by Crippen LogP contribution is -1.98. The summed E-state index contributed by atoms with van der Waals surface area (Å²) in [4.78, 5) is 10.3. The number of halogens is 2. The van der Waals surface area contributed by atoms with E-state index in [4.69, 9.17) is 11.6 Å². The van der Waals surface area contributed by atoms with E-state index in [1.807, 2.05) is 6.92 Å². The highest BCUT2D eigenvalue weighted by atomic mass is 35.5. The second kappa shape index (κ2) is 4.56. The van der Waals surface area contributed by atoms with Crippen molar-refractivity contribution in [1.29, 1.82) is 0 Å². The third-order valence-corrected chi connectivity index (χ3v) is 2.67. The van der Waals surface area contributed by atoms with Gasteiger partial charge in [0, 0.05) is 6.42 Å². The fourth-order valence-corrected chi connectivity index (χ4v) is 1.71. The van der Waals surface area contributed by atoms with Crippen LogP contribution in [0.4, 0.5) is 4.39 Å². The third kappa shape index (κ3) is 2.13. The number of aldehydes is 1. The molecule has 0 radical (unpaired) electrons. The predicted octanol–water partition coefficient (Wildman–Crippen LogP) is 3.48. The molecular formula is C11H12ClFO. The number of aryl methyl sites for hydroxylation is 1. The van der Waals surface area contributed by atoms with Gasteiger partial charge in [-0.2, -0.15) is 0 Å². The molecule has 0 saturated carbocycles. The Hall–Kier alpha value is -0.890. The molecule has 0 heterocycles. The Labute approximate surface area is 87.9 Å². The van der Waals surface area contributed by atoms with Gasteiger partial charge in [-0.15, -0.1) is 0 Å². The molecule has 0 aliphatic heterocycles. The highest BCUT2D eigenvalue weighted by Crippen LogP contribution is 2.29. The van der Waals surface area contributed by atoms with Gasteiger partial charge in [-0.3, -0.25) is 0 Å². The van der Waals surface area contributed by atoms with E-state index in [1.54, 1.807) is 19.1 Å². The fourth-order valence-electron chi connectivity index (χ4n) is 1.31. The standard InChI is InChI=1S/C11H12ClFO/c1-7(5-6-14)9-4-3-8(2)11(13)10(9)12/h3-4,6-7H,5H2,1-2H3. The number of carbonyl (C=O) groups excluding carboxylic acids is 1. The lowest BCUT2D eigenvalue weighted by molar-refractivity contribution is -0.108. The van der Waals surface area contributed by atoms with E-state index in [1.165, 1.54) is 0 Å². The molecule has 1 nitrogen and oxygen atoms in total. The molecule has 1 aromatic rings. The Morgan fingerprint density at radius 3 is 2.79 bits per heavy atom. The molecule has 0 saturated heterocycles. The molecule has 14 heavy (non-hydrogen) atoms. The van der Waals surface area contributed by atoms with Gasteiger partial charge in [0.1, 0.15) is 12.1 Å². The SMILES string of the molecule is Cc1ccc(C(C)CC=O)c(Cl)c1F. The number of benzene rings is 1. The zero-order chi connectivity index (χ0) is 10.7. The van der Waals surface area contributed by atoms with Crippen LogP contribution in [0.25, 0.3) is 0 Å². The van der Waals surface area contributed by atoms with Crippen LogP contribution in [0.3, 0.4) is 0 Å². The maximum atomic E-state index is 13.4. The average Bonchev–Trinajstić information content (AvgIpc) is 2.15. The lowest BCUT2D eigenvalue weighted by atomic mass is 9.97. The minimum Gasteiger partial charge on any atom is -0.303 e. The molecule has 1 aromatic carbocycles. The molecule has 0 aromatic heterocycles. The van der Waals surface area contributed by atoms with Crippen molar-refractivity contribution in [2.24, 2.45) is 0 Å². The van der Waals surface area contributed by atoms with Gasteiger partial charge < -0.3 is 4.79 Å². The number of carbonyl (C=O) groups is 1. The van der Waals surface area contributed by atoms with Gasteiger partial charge >= 0.3 is 0 Å². The second-order valence-electron chi connectivity index (χ2n) is 3.40. The minimum absolute atomic E-state index is 0.0323. The van der Waals surface area contributed by atoms with Crippen molar-refractivity contribution < 1.29 is 9.18 Å². The van der Waals surface area contributed by atoms with Crippen molar-refractivity contribution in [3.63, 3.8) is 0 Å². The third-order valence-electron chi connectivity index (χ3n) is 2.29. The lowest BCUT2D eigenvalue weighted by Gasteiger charge is -2.11. The van der Waals surface area contributed by atoms with Crippen LogP contribution < -0.4 is 0 Å². The molecule has 0 N–H and O–H groups in total. The average molecular weight is 215 g/mol. The summed E-state index contributed by atoms with van der Waals surface area (Å²) < 4.78 is 13.4. The number of rotatable bonds is 3. The molecule has 0 aliphatic rings. The summed E-state index contributed by atoms with van der Waals surface area (Å²) in [7, 11) is 0. The highest BCUT2D eigenvalue weighted by Gasteiger charge is 2.13. The first-order valence-corrected chi connectivity index (χ1v) is 4.83. The summed E-state index contributed by atoms with van der Waals surface area (Å²) in [6.07, 6.45) is 1.18. The number of hydrogen-bond donors (Lipinski definition) is 0. The molecule has 0 amide bonds. The van der Waals surface area contributed by atoms with Crippen molar-refractivity contribution >= 4 is 17.9 Å². The molecular weight excluding hydrogens is 203 g/mol. The van der Waals surface area contributed by atoms with Gasteiger partial charge in [0.05, 0.1) is 5.02 Å². The van der Waals surface area contributed by atoms with Crippen molar-refractivity contribution in [3.8, 4) is 0 Å². The molecule has 1 rings (SSSR count). The zero-order valence-corrected chi connectivity index (χ0v) is 8.94. The van der Waals surface area contributed by atoms with Crippen LogP contribution >= 0.6 is 11.6 Å². The maximum Gasteiger partial charge on any atom is 0.144 e. The maximum absolute atomic E-state index is 13.4. The first kappa shape index (κ1) is 11.2. The summed E-state index contributed by atoms with van der Waals surface area (Å²) >= 11 is 5.84. The van der Waals surface area contributed by atoms with Gasteiger partial charge in [0.2, 0.25) is 0 Å². The van der Waals surface area contributed by atoms with Gasteiger partial charge in [0.15, 0.2) is 0 Å². The zero-order valence-electron chi connectivity index (χ0n) is 8.18. The van der Waals surface area contributed by atoms with E-state index < -0.39 is 0 Å². The van der Waals surface area contributed by atoms with Crippen molar-refractivity contribution in [1.82, 2.24) is 0 Å². The van der Waals surface area contributed by atoms with Crippen LogP contribution in [0, 0.1) is 12.7 Å². The summed E-state index contributed by atoms with van der Waals surface area (Å²) in [6, 6.07) is 3.45. The van der Waals surface area contributed by atoms with Gasteiger partial charge in [-0.05, 0) is 24.0 Å². The molecule has 1 atom stereocenters. The van der Waals surface area contributed by atoms with E-state index in [9.17, 15) is 9.18 Å². The Morgan fingerprint density at radius 1 is 1.57 bits per heavy atom. The summed E-state index contributed by atoms with van der Waals surface area (Å²) in [6.45, 7) is 3.51. The Balaban J connectivity index is 3.10. The molecule has 0 aliphatic carbocycles. The molecule has 0 fully saturated rings. The molecule has 0 bridgehead atoms. The van der Waals surface area contributed by atoms with Gasteiger partial charge in [-0.25, -0.2) is 4.39 Å². The molecule has 1 unspecified atom stereocenters. The van der Waals surface area contributed by atoms with Crippen LogP contribution in [0.15, 0.2) is 12.1 Å². The summed E-state index contributed by atoms with van der Waals surface area (Å²) in [5.74, 6) is -0.419. The fraction of sp³-hybridized carbons (Fsp3) is 0.364. The quantitative estimate of drug-likeness (QED) is 0.704. The molecule has 76 valence electrons. The van der Waals surface area contributed by atoms with Gasteiger partial charge in [-0.1, -0.05) is 30.7 Å². The normalized spacial score (nSPS) is 12.6. The molecule has 0 spiro atoms. The van der Waals surface area contributed by atoms with E-state index in [2.05, 4.69) is 0 Å². The highest BCUT2D eigenvalue weighted by molar-refractivity contribution is 6.31. The van der Waals surface area contributed by atoms with Gasteiger partial charge in [0.25, 0.3) is 0 Å². The Bertz CT molecular complexity index is 349. The van der Waals surface area contributed by atoms with Crippen LogP contribution in [-0.2, 0) is 4.79 Å². The van der Waals surface area contributed by atoms with E-state index >= 15 is 0 Å². The van der Waals surface area contributed by atoms with E-state index in [0.29, 0.717) is 17.5 Å². The van der Waals surface area contributed by atoms with Crippen LogP contribution in [0.1, 0.15) is 30.4 Å². The topological polar surface area (TPSA) is 17.1 Å². The van der Waals surface area contributed by atoms with E-state index in [0.717, 1.165) is 6.29 Å². The largest absolute Gasteiger partial charge is 0.303 e. The van der Waals surface area contributed by atoms with Crippen molar-refractivity contribution in [2.45, 2.75) is 26.2 Å². The van der Waals surface area contributed by atoms with Crippen LogP contribution in [0.2, 0.25) is 5.02 Å². The van der Waals surface area contributed by atoms with E-state index in [-0.39, 0.29) is 16.8 Å². The minimum atomic E-state index is -0.387. The molecule has 3 heteroatoms. The Kier molecular flexibility index (Phi) is 3.64. The predicted molar refractivity (Wildman–Crippen MR) is 55.2 cm³/mol. The first-order chi connectivity index (χ1) is 6.57. The summed E-state index contributed by atoms with van der Waals surface area (Å²) in [5.41, 5.74) is 1.22. The van der Waals surface area contributed by atoms with Crippen molar-refractivity contribution in [2.75, 3.05) is 0 Å². The first-order valence-electron chi connectivity index (χ1n) is 4.46. The summed E-state index contributed by atoms with van der Waals surface area (Å²) in [5, 5.41) is 0.138. The van der Waals surface area contributed by atoms with Crippen LogP contribution in [0.5, 0.6) is 0 Å².